The predicted molar refractivity (Wildman–Crippen MR) is 105 cm³/mol. The number of nitrogens with one attached hydrogen (secondary N) is 1. The van der Waals surface area contributed by atoms with Crippen molar-refractivity contribution in [2.45, 2.75) is 57.2 Å². The van der Waals surface area contributed by atoms with Gasteiger partial charge in [0.25, 0.3) is 0 Å². The van der Waals surface area contributed by atoms with Crippen LogP contribution in [0.5, 0.6) is 0 Å². The largest absolute Gasteiger partial charge is 0.356 e. The lowest BCUT2D eigenvalue weighted by atomic mass is 9.89. The topological polar surface area (TPSA) is 72.3 Å². The zero-order valence-electron chi connectivity index (χ0n) is 16.1. The van der Waals surface area contributed by atoms with Gasteiger partial charge in [-0.1, -0.05) is 5.92 Å². The van der Waals surface area contributed by atoms with Crippen molar-refractivity contribution >= 4 is 11.7 Å². The van der Waals surface area contributed by atoms with E-state index in [2.05, 4.69) is 47.1 Å². The molecule has 3 heterocycles. The molecule has 2 aliphatic heterocycles. The average molecular weight is 365 g/mol. The average Bonchev–Trinajstić information content (AvgIpc) is 3.10. The van der Waals surface area contributed by atoms with Gasteiger partial charge in [0.2, 0.25) is 5.91 Å². The molecular formula is C21H27N5O. The molecule has 1 N–H and O–H groups in total. The Kier molecular flexibility index (Phi) is 5.68. The summed E-state index contributed by atoms with van der Waals surface area (Å²) in [5.74, 6) is 3.58. The molecule has 1 amide bonds. The molecule has 0 aliphatic carbocycles. The minimum atomic E-state index is -0.401. The number of amides is 1. The van der Waals surface area contributed by atoms with Gasteiger partial charge in [-0.2, -0.15) is 5.26 Å². The lowest BCUT2D eigenvalue weighted by Crippen LogP contribution is -2.55. The summed E-state index contributed by atoms with van der Waals surface area (Å²) in [6.45, 7) is 6.24. The van der Waals surface area contributed by atoms with Crippen molar-refractivity contribution in [2.75, 3.05) is 24.5 Å². The number of pyridine rings is 1. The molecule has 0 aromatic carbocycles. The van der Waals surface area contributed by atoms with Gasteiger partial charge in [-0.05, 0) is 57.2 Å². The van der Waals surface area contributed by atoms with Gasteiger partial charge in [0.05, 0.1) is 18.7 Å². The molecule has 3 rings (SSSR count). The van der Waals surface area contributed by atoms with Crippen LogP contribution >= 0.6 is 0 Å². The first kappa shape index (κ1) is 19.2. The summed E-state index contributed by atoms with van der Waals surface area (Å²) in [4.78, 5) is 21.0. The standard InChI is InChI=1S/C21H27N5O/c1-4-17-5-6-18(14-22)26(17)20(27)15-24-21(3)8-11-25(12-9-21)19-13-16(2)7-10-23-19/h1,7,10,13,17-18,24H,5-6,8-9,11-12,15H2,2-3H3/t17-,18?/m1/s1. The van der Waals surface area contributed by atoms with Crippen LogP contribution in [0.15, 0.2) is 18.3 Å². The molecule has 6 heteroatoms. The highest BCUT2D eigenvalue weighted by molar-refractivity contribution is 5.80. The number of aromatic nitrogens is 1. The molecule has 6 nitrogen and oxygen atoms in total. The van der Waals surface area contributed by atoms with Gasteiger partial charge in [0, 0.05) is 24.8 Å². The Bertz CT molecular complexity index is 748. The third kappa shape index (κ3) is 4.23. The zero-order chi connectivity index (χ0) is 19.4. The van der Waals surface area contributed by atoms with Crippen molar-refractivity contribution in [1.82, 2.24) is 15.2 Å². The lowest BCUT2D eigenvalue weighted by molar-refractivity contribution is -0.131. The van der Waals surface area contributed by atoms with Gasteiger partial charge in [0.15, 0.2) is 0 Å². The third-order valence-corrected chi connectivity index (χ3v) is 5.77. The van der Waals surface area contributed by atoms with Crippen molar-refractivity contribution in [3.63, 3.8) is 0 Å². The van der Waals surface area contributed by atoms with E-state index in [0.717, 1.165) is 31.7 Å². The van der Waals surface area contributed by atoms with Crippen LogP contribution in [0, 0.1) is 30.6 Å². The van der Waals surface area contributed by atoms with Gasteiger partial charge in [-0.3, -0.25) is 4.79 Å². The molecule has 2 saturated heterocycles. The highest BCUT2D eigenvalue weighted by Gasteiger charge is 2.37. The quantitative estimate of drug-likeness (QED) is 0.825. The Morgan fingerprint density at radius 2 is 2.11 bits per heavy atom. The highest BCUT2D eigenvalue weighted by Crippen LogP contribution is 2.26. The zero-order valence-corrected chi connectivity index (χ0v) is 16.1. The van der Waals surface area contributed by atoms with E-state index < -0.39 is 6.04 Å². The number of nitriles is 1. The van der Waals surface area contributed by atoms with Gasteiger partial charge < -0.3 is 15.1 Å². The Morgan fingerprint density at radius 1 is 1.41 bits per heavy atom. The molecule has 142 valence electrons. The maximum atomic E-state index is 12.7. The van der Waals surface area contributed by atoms with Gasteiger partial charge in [0.1, 0.15) is 11.9 Å². The Balaban J connectivity index is 1.55. The minimum absolute atomic E-state index is 0.0778. The molecule has 27 heavy (non-hydrogen) atoms. The maximum absolute atomic E-state index is 12.7. The summed E-state index contributed by atoms with van der Waals surface area (Å²) in [5.41, 5.74) is 1.10. The van der Waals surface area contributed by atoms with Crippen LogP contribution < -0.4 is 10.2 Å². The fourth-order valence-electron chi connectivity index (χ4n) is 3.93. The van der Waals surface area contributed by atoms with E-state index in [9.17, 15) is 10.1 Å². The van der Waals surface area contributed by atoms with E-state index in [-0.39, 0.29) is 24.0 Å². The van der Waals surface area contributed by atoms with Crippen LogP contribution in [-0.4, -0.2) is 53.0 Å². The molecule has 2 atom stereocenters. The molecule has 1 unspecified atom stereocenters. The summed E-state index contributed by atoms with van der Waals surface area (Å²) in [6, 6.07) is 5.65. The monoisotopic (exact) mass is 365 g/mol. The fraction of sp³-hybridized carbons (Fsp3) is 0.571. The van der Waals surface area contributed by atoms with Gasteiger partial charge >= 0.3 is 0 Å². The van der Waals surface area contributed by atoms with Crippen LogP contribution in [0.25, 0.3) is 0 Å². The van der Waals surface area contributed by atoms with E-state index in [1.165, 1.54) is 5.56 Å². The number of hydrogen-bond acceptors (Lipinski definition) is 5. The number of hydrogen-bond donors (Lipinski definition) is 1. The summed E-state index contributed by atoms with van der Waals surface area (Å²) >= 11 is 0. The van der Waals surface area contributed by atoms with Crippen molar-refractivity contribution in [3.8, 4) is 18.4 Å². The molecule has 2 fully saturated rings. The normalized spacial score (nSPS) is 24.3. The number of likely N-dealkylation sites (tertiary alicyclic amines) is 1. The van der Waals surface area contributed by atoms with E-state index in [4.69, 9.17) is 6.42 Å². The number of anilines is 1. The summed E-state index contributed by atoms with van der Waals surface area (Å²) in [7, 11) is 0. The molecule has 0 spiro atoms. The van der Waals surface area contributed by atoms with Gasteiger partial charge in [-0.15, -0.1) is 6.42 Å². The fourth-order valence-corrected chi connectivity index (χ4v) is 3.93. The Hall–Kier alpha value is -2.57. The molecular weight excluding hydrogens is 338 g/mol. The predicted octanol–water partition coefficient (Wildman–Crippen LogP) is 1.85. The second-order valence-corrected chi connectivity index (χ2v) is 7.80. The summed E-state index contributed by atoms with van der Waals surface area (Å²) in [5, 5.41) is 12.7. The number of rotatable bonds is 4. The lowest BCUT2D eigenvalue weighted by Gasteiger charge is -2.41. The van der Waals surface area contributed by atoms with Crippen LogP contribution in [-0.2, 0) is 4.79 Å². The molecule has 1 aromatic rings. The van der Waals surface area contributed by atoms with Crippen molar-refractivity contribution in [3.05, 3.63) is 23.9 Å². The number of terminal acetylenes is 1. The smallest absolute Gasteiger partial charge is 0.238 e. The number of piperidine rings is 1. The number of carbonyl (C=O) groups is 1. The highest BCUT2D eigenvalue weighted by atomic mass is 16.2. The number of carbonyl (C=O) groups excluding carboxylic acids is 1. The van der Waals surface area contributed by atoms with Crippen LogP contribution in [0.4, 0.5) is 5.82 Å². The van der Waals surface area contributed by atoms with Crippen molar-refractivity contribution < 1.29 is 4.79 Å². The van der Waals surface area contributed by atoms with Crippen LogP contribution in [0.3, 0.4) is 0 Å². The second-order valence-electron chi connectivity index (χ2n) is 7.80. The summed E-state index contributed by atoms with van der Waals surface area (Å²) in [6.07, 6.45) is 10.6. The molecule has 1 aromatic heterocycles. The Labute approximate surface area is 161 Å². The number of nitrogens with zero attached hydrogens (tertiary/aromatic N) is 4. The second kappa shape index (κ2) is 7.98. The first-order valence-corrected chi connectivity index (χ1v) is 9.55. The van der Waals surface area contributed by atoms with E-state index >= 15 is 0 Å². The van der Waals surface area contributed by atoms with Crippen molar-refractivity contribution in [1.29, 1.82) is 5.26 Å². The Morgan fingerprint density at radius 3 is 2.74 bits per heavy atom. The number of aryl methyl sites for hydroxylation is 1. The summed E-state index contributed by atoms with van der Waals surface area (Å²) < 4.78 is 0. The third-order valence-electron chi connectivity index (χ3n) is 5.77. The minimum Gasteiger partial charge on any atom is -0.356 e. The molecule has 0 radical (unpaired) electrons. The molecule has 0 bridgehead atoms. The van der Waals surface area contributed by atoms with Gasteiger partial charge in [-0.25, -0.2) is 4.98 Å². The first-order chi connectivity index (χ1) is 13.0. The first-order valence-electron chi connectivity index (χ1n) is 9.55. The maximum Gasteiger partial charge on any atom is 0.238 e. The van der Waals surface area contributed by atoms with Crippen LogP contribution in [0.2, 0.25) is 0 Å². The van der Waals surface area contributed by atoms with E-state index in [1.54, 1.807) is 4.90 Å². The molecule has 2 aliphatic rings. The molecule has 0 saturated carbocycles. The van der Waals surface area contributed by atoms with Crippen LogP contribution in [0.1, 0.15) is 38.2 Å². The SMILES string of the molecule is C#C[C@@H]1CCC(C#N)N1C(=O)CNC1(C)CCN(c2cc(C)ccn2)CC1. The van der Waals surface area contributed by atoms with E-state index in [0.29, 0.717) is 12.8 Å². The van der Waals surface area contributed by atoms with Crippen molar-refractivity contribution in [2.24, 2.45) is 0 Å². The van der Waals surface area contributed by atoms with E-state index in [1.807, 2.05) is 12.3 Å².